The molecule has 0 aliphatic heterocycles. The summed E-state index contributed by atoms with van der Waals surface area (Å²) in [7, 11) is 0. The number of aromatic nitrogens is 1. The summed E-state index contributed by atoms with van der Waals surface area (Å²) in [5, 5.41) is 4.37. The molecule has 7 heteroatoms. The van der Waals surface area contributed by atoms with E-state index in [4.69, 9.17) is 11.6 Å². The molecule has 166 valence electrons. The molecule has 1 aliphatic rings. The molecule has 0 unspecified atom stereocenters. The van der Waals surface area contributed by atoms with Gasteiger partial charge in [-0.05, 0) is 62.6 Å². The Balaban J connectivity index is 1.67. The minimum atomic E-state index is -0.231. The summed E-state index contributed by atoms with van der Waals surface area (Å²) >= 11 is 7.32. The summed E-state index contributed by atoms with van der Waals surface area (Å²) in [4.78, 5) is 34.1. The predicted molar refractivity (Wildman–Crippen MR) is 132 cm³/mol. The molecule has 3 aromatic rings. The first kappa shape index (κ1) is 22.5. The molecule has 32 heavy (non-hydrogen) atoms. The van der Waals surface area contributed by atoms with Gasteiger partial charge in [0.05, 0.1) is 10.6 Å². The Morgan fingerprint density at radius 1 is 1.16 bits per heavy atom. The zero-order valence-corrected chi connectivity index (χ0v) is 19.8. The van der Waals surface area contributed by atoms with Gasteiger partial charge in [0.1, 0.15) is 4.83 Å². The number of pyridine rings is 1. The smallest absolute Gasteiger partial charge is 0.268 e. The highest BCUT2D eigenvalue weighted by Gasteiger charge is 2.28. The third kappa shape index (κ3) is 4.57. The minimum Gasteiger partial charge on any atom is -0.321 e. The number of anilines is 1. The van der Waals surface area contributed by atoms with Gasteiger partial charge in [-0.15, -0.1) is 11.3 Å². The number of rotatable bonds is 5. The van der Waals surface area contributed by atoms with E-state index in [0.717, 1.165) is 41.5 Å². The van der Waals surface area contributed by atoms with E-state index in [1.165, 1.54) is 17.8 Å². The first-order valence-corrected chi connectivity index (χ1v) is 12.1. The van der Waals surface area contributed by atoms with Crippen LogP contribution in [0.5, 0.6) is 0 Å². The van der Waals surface area contributed by atoms with Crippen molar-refractivity contribution in [2.24, 2.45) is 0 Å². The van der Waals surface area contributed by atoms with Crippen molar-refractivity contribution in [3.8, 4) is 0 Å². The molecular weight excluding hydrogens is 442 g/mol. The van der Waals surface area contributed by atoms with Crippen molar-refractivity contribution >= 4 is 50.7 Å². The van der Waals surface area contributed by atoms with Crippen molar-refractivity contribution in [3.05, 3.63) is 69.8 Å². The van der Waals surface area contributed by atoms with E-state index in [2.05, 4.69) is 10.3 Å². The molecule has 0 atom stereocenters. The number of benzene rings is 1. The van der Waals surface area contributed by atoms with Gasteiger partial charge in [0.25, 0.3) is 11.8 Å². The third-order valence-corrected chi connectivity index (χ3v) is 7.33. The normalized spacial score (nSPS) is 14.7. The van der Waals surface area contributed by atoms with Crippen LogP contribution >= 0.6 is 22.9 Å². The average molecular weight is 468 g/mol. The molecule has 4 rings (SSSR count). The van der Waals surface area contributed by atoms with E-state index in [-0.39, 0.29) is 17.9 Å². The number of carbonyl (C=O) groups excluding carboxylic acids is 2. The average Bonchev–Trinajstić information content (AvgIpc) is 3.15. The van der Waals surface area contributed by atoms with Gasteiger partial charge in [-0.3, -0.25) is 9.59 Å². The van der Waals surface area contributed by atoms with Crippen LogP contribution in [-0.4, -0.2) is 27.7 Å². The fraction of sp³-hybridized carbons (Fsp3) is 0.320. The number of nitrogens with one attached hydrogen (secondary N) is 1. The van der Waals surface area contributed by atoms with Crippen molar-refractivity contribution in [2.75, 3.05) is 5.32 Å². The van der Waals surface area contributed by atoms with E-state index in [1.807, 2.05) is 31.0 Å². The molecular formula is C25H26ClN3O2S. The second-order valence-electron chi connectivity index (χ2n) is 8.04. The van der Waals surface area contributed by atoms with E-state index >= 15 is 0 Å². The van der Waals surface area contributed by atoms with E-state index in [1.54, 1.807) is 36.5 Å². The molecule has 2 amide bonds. The van der Waals surface area contributed by atoms with Gasteiger partial charge in [-0.2, -0.15) is 0 Å². The van der Waals surface area contributed by atoms with Crippen LogP contribution in [0.3, 0.4) is 0 Å². The molecule has 5 nitrogen and oxygen atoms in total. The maximum atomic E-state index is 13.6. The Morgan fingerprint density at radius 2 is 1.88 bits per heavy atom. The number of allylic oxidation sites excluding steroid dienone is 1. The topological polar surface area (TPSA) is 62.3 Å². The van der Waals surface area contributed by atoms with Gasteiger partial charge < -0.3 is 10.2 Å². The lowest BCUT2D eigenvalue weighted by Crippen LogP contribution is -2.37. The summed E-state index contributed by atoms with van der Waals surface area (Å²) < 4.78 is 0. The summed E-state index contributed by atoms with van der Waals surface area (Å²) in [6.45, 7) is 3.87. The fourth-order valence-corrected chi connectivity index (χ4v) is 5.51. The van der Waals surface area contributed by atoms with Crippen LogP contribution < -0.4 is 5.32 Å². The first-order valence-electron chi connectivity index (χ1n) is 10.9. The lowest BCUT2D eigenvalue weighted by atomic mass is 9.94. The predicted octanol–water partition coefficient (Wildman–Crippen LogP) is 6.82. The Morgan fingerprint density at radius 3 is 2.56 bits per heavy atom. The molecule has 0 bridgehead atoms. The van der Waals surface area contributed by atoms with Crippen molar-refractivity contribution in [3.63, 3.8) is 0 Å². The maximum Gasteiger partial charge on any atom is 0.268 e. The van der Waals surface area contributed by atoms with Crippen molar-refractivity contribution in [2.45, 2.75) is 52.0 Å². The van der Waals surface area contributed by atoms with Gasteiger partial charge in [0.2, 0.25) is 0 Å². The van der Waals surface area contributed by atoms with Crippen LogP contribution in [0.4, 0.5) is 5.69 Å². The SMILES string of the molecule is CC=CN(C(=O)c1sc2nccc(NC(=O)c3ccc(Cl)cc3)c2c1C)C1CCCCC1. The standard InChI is InChI=1S/C25H26ClN3O2S/c1-3-15-29(19-7-5-4-6-8-19)25(31)22-16(2)21-20(13-14-27-24(21)32-22)28-23(30)17-9-11-18(26)12-10-17/h3,9-15,19H,4-8H2,1-2H3,(H,27,28,30). The van der Waals surface area contributed by atoms with E-state index < -0.39 is 0 Å². The van der Waals surface area contributed by atoms with Crippen LogP contribution in [0.15, 0.2) is 48.8 Å². The van der Waals surface area contributed by atoms with Crippen molar-refractivity contribution in [1.82, 2.24) is 9.88 Å². The highest BCUT2D eigenvalue weighted by Crippen LogP contribution is 2.36. The van der Waals surface area contributed by atoms with Crippen molar-refractivity contribution in [1.29, 1.82) is 0 Å². The first-order chi connectivity index (χ1) is 15.5. The van der Waals surface area contributed by atoms with E-state index in [0.29, 0.717) is 21.2 Å². The Kier molecular flexibility index (Phi) is 6.92. The molecule has 1 fully saturated rings. The zero-order valence-electron chi connectivity index (χ0n) is 18.2. The second-order valence-corrected chi connectivity index (χ2v) is 9.48. The van der Waals surface area contributed by atoms with Gasteiger partial charge in [-0.25, -0.2) is 4.98 Å². The summed E-state index contributed by atoms with van der Waals surface area (Å²) in [6, 6.07) is 8.75. The molecule has 0 saturated heterocycles. The van der Waals surface area contributed by atoms with Crippen molar-refractivity contribution < 1.29 is 9.59 Å². The Hall–Kier alpha value is -2.70. The van der Waals surface area contributed by atoms with Gasteiger partial charge >= 0.3 is 0 Å². The fourth-order valence-electron chi connectivity index (χ4n) is 4.27. The number of thiophene rings is 1. The van der Waals surface area contributed by atoms with Gasteiger partial charge in [-0.1, -0.05) is 36.9 Å². The molecule has 2 aromatic heterocycles. The minimum absolute atomic E-state index is 0.00507. The highest BCUT2D eigenvalue weighted by atomic mass is 35.5. The van der Waals surface area contributed by atoms with E-state index in [9.17, 15) is 9.59 Å². The van der Waals surface area contributed by atoms with Gasteiger partial charge in [0, 0.05) is 34.4 Å². The number of amides is 2. The molecule has 1 N–H and O–H groups in total. The van der Waals surface area contributed by atoms with Crippen LogP contribution in [0.25, 0.3) is 10.2 Å². The molecule has 0 radical (unpaired) electrons. The third-order valence-electron chi connectivity index (χ3n) is 5.89. The number of hydrogen-bond donors (Lipinski definition) is 1. The quantitative estimate of drug-likeness (QED) is 0.447. The zero-order chi connectivity index (χ0) is 22.7. The lowest BCUT2D eigenvalue weighted by molar-refractivity contribution is 0.0742. The second kappa shape index (κ2) is 9.84. The summed E-state index contributed by atoms with van der Waals surface area (Å²) in [5.74, 6) is -0.226. The number of aryl methyl sites for hydroxylation is 1. The number of carbonyl (C=O) groups is 2. The Labute approximate surface area is 197 Å². The number of halogens is 1. The molecule has 1 saturated carbocycles. The number of hydrogen-bond acceptors (Lipinski definition) is 4. The molecule has 0 spiro atoms. The van der Waals surface area contributed by atoms with Crippen LogP contribution in [-0.2, 0) is 0 Å². The monoisotopic (exact) mass is 467 g/mol. The summed E-state index contributed by atoms with van der Waals surface area (Å²) in [6.07, 6.45) is 11.1. The Bertz CT molecular complexity index is 1160. The maximum absolute atomic E-state index is 13.6. The van der Waals surface area contributed by atoms with Crippen LogP contribution in [0.1, 0.15) is 64.6 Å². The van der Waals surface area contributed by atoms with Crippen LogP contribution in [0.2, 0.25) is 5.02 Å². The molecule has 1 aromatic carbocycles. The lowest BCUT2D eigenvalue weighted by Gasteiger charge is -2.31. The summed E-state index contributed by atoms with van der Waals surface area (Å²) in [5.41, 5.74) is 2.01. The van der Waals surface area contributed by atoms with Crippen LogP contribution in [0, 0.1) is 6.92 Å². The molecule has 1 aliphatic carbocycles. The largest absolute Gasteiger partial charge is 0.321 e. The highest BCUT2D eigenvalue weighted by molar-refractivity contribution is 7.20. The number of fused-ring (bicyclic) bond motifs is 1. The number of nitrogens with zero attached hydrogens (tertiary/aromatic N) is 2. The molecule has 2 heterocycles. The van der Waals surface area contributed by atoms with Gasteiger partial charge in [0.15, 0.2) is 0 Å².